The van der Waals surface area contributed by atoms with E-state index in [-0.39, 0.29) is 17.6 Å². The highest BCUT2D eigenvalue weighted by Gasteiger charge is 2.30. The molecule has 2 N–H and O–H groups in total. The van der Waals surface area contributed by atoms with Crippen LogP contribution in [0.3, 0.4) is 0 Å². The van der Waals surface area contributed by atoms with Gasteiger partial charge in [0.25, 0.3) is 0 Å². The number of carboxylic acids is 1. The van der Waals surface area contributed by atoms with Crippen LogP contribution in [0.25, 0.3) is 0 Å². The predicted octanol–water partition coefficient (Wildman–Crippen LogP) is 2.82. The van der Waals surface area contributed by atoms with E-state index in [4.69, 9.17) is 9.84 Å². The quantitative estimate of drug-likeness (QED) is 0.840. The van der Waals surface area contributed by atoms with Crippen molar-refractivity contribution >= 4 is 11.9 Å². The molecule has 0 saturated carbocycles. The molecule has 1 aliphatic rings. The highest BCUT2D eigenvalue weighted by atomic mass is 16.5. The fourth-order valence-corrected chi connectivity index (χ4v) is 2.58. The molecule has 0 bridgehead atoms. The van der Waals surface area contributed by atoms with Crippen molar-refractivity contribution < 1.29 is 19.4 Å². The Morgan fingerprint density at radius 2 is 1.92 bits per heavy atom. The molecule has 0 fully saturated rings. The number of aliphatic carboxylic acids is 1. The molecule has 1 aromatic carbocycles. The van der Waals surface area contributed by atoms with E-state index >= 15 is 0 Å². The summed E-state index contributed by atoms with van der Waals surface area (Å²) in [5.41, 5.74) is 1.28. The summed E-state index contributed by atoms with van der Waals surface area (Å²) in [5.74, 6) is -0.705. The van der Waals surface area contributed by atoms with E-state index in [1.807, 2.05) is 38.1 Å². The minimum atomic E-state index is -1.04. The third kappa shape index (κ3) is 3.96. The molecular weight excluding hydrogens is 306 g/mol. The number of nitrogens with one attached hydrogen (secondary N) is 1. The SMILES string of the molecule is CC(C)CNC(=O)C(C)(C)c1ccc(C2C=C(C(=O)O)OC2)cc1. The van der Waals surface area contributed by atoms with Crippen molar-refractivity contribution in [3.63, 3.8) is 0 Å². The van der Waals surface area contributed by atoms with E-state index < -0.39 is 11.4 Å². The Balaban J connectivity index is 2.11. The normalized spacial score (nSPS) is 17.4. The summed E-state index contributed by atoms with van der Waals surface area (Å²) in [4.78, 5) is 23.3. The van der Waals surface area contributed by atoms with Crippen LogP contribution in [0.15, 0.2) is 36.1 Å². The van der Waals surface area contributed by atoms with Crippen LogP contribution in [0.5, 0.6) is 0 Å². The summed E-state index contributed by atoms with van der Waals surface area (Å²) >= 11 is 0. The molecule has 2 rings (SSSR count). The van der Waals surface area contributed by atoms with Crippen molar-refractivity contribution in [1.82, 2.24) is 5.32 Å². The summed E-state index contributed by atoms with van der Waals surface area (Å²) in [6.45, 7) is 8.91. The third-order valence-electron chi connectivity index (χ3n) is 4.28. The van der Waals surface area contributed by atoms with Crippen LogP contribution in [0.4, 0.5) is 0 Å². The zero-order chi connectivity index (χ0) is 17.9. The Labute approximate surface area is 142 Å². The first-order valence-electron chi connectivity index (χ1n) is 8.18. The Morgan fingerprint density at radius 1 is 1.29 bits per heavy atom. The number of hydrogen-bond acceptors (Lipinski definition) is 3. The van der Waals surface area contributed by atoms with Gasteiger partial charge in [-0.15, -0.1) is 0 Å². The first kappa shape index (κ1) is 18.0. The summed E-state index contributed by atoms with van der Waals surface area (Å²) < 4.78 is 5.17. The van der Waals surface area contributed by atoms with Gasteiger partial charge in [0.15, 0.2) is 0 Å². The van der Waals surface area contributed by atoms with Gasteiger partial charge in [0.05, 0.1) is 12.0 Å². The number of benzene rings is 1. The van der Waals surface area contributed by atoms with Gasteiger partial charge in [0.1, 0.15) is 0 Å². The topological polar surface area (TPSA) is 75.6 Å². The lowest BCUT2D eigenvalue weighted by molar-refractivity contribution is -0.136. The molecule has 0 aliphatic carbocycles. The number of amides is 1. The lowest BCUT2D eigenvalue weighted by atomic mass is 9.82. The van der Waals surface area contributed by atoms with Crippen LogP contribution in [0.2, 0.25) is 0 Å². The fraction of sp³-hybridized carbons (Fsp3) is 0.474. The van der Waals surface area contributed by atoms with Gasteiger partial charge in [0.2, 0.25) is 11.7 Å². The Bertz CT molecular complexity index is 644. The number of rotatable bonds is 6. The van der Waals surface area contributed by atoms with E-state index in [1.54, 1.807) is 6.08 Å². The molecule has 1 atom stereocenters. The molecule has 0 radical (unpaired) electrons. The molecule has 1 amide bonds. The van der Waals surface area contributed by atoms with Gasteiger partial charge in [-0.3, -0.25) is 4.79 Å². The van der Waals surface area contributed by atoms with E-state index in [9.17, 15) is 9.59 Å². The maximum Gasteiger partial charge on any atom is 0.370 e. The van der Waals surface area contributed by atoms with Gasteiger partial charge in [-0.25, -0.2) is 4.79 Å². The van der Waals surface area contributed by atoms with Crippen LogP contribution in [0.1, 0.15) is 44.7 Å². The molecule has 5 nitrogen and oxygen atoms in total. The van der Waals surface area contributed by atoms with Crippen LogP contribution in [0, 0.1) is 5.92 Å². The summed E-state index contributed by atoms with van der Waals surface area (Å²) in [6.07, 6.45) is 1.62. The lowest BCUT2D eigenvalue weighted by Gasteiger charge is -2.25. The zero-order valence-corrected chi connectivity index (χ0v) is 14.6. The van der Waals surface area contributed by atoms with Crippen LogP contribution >= 0.6 is 0 Å². The first-order valence-corrected chi connectivity index (χ1v) is 8.18. The van der Waals surface area contributed by atoms with Gasteiger partial charge in [-0.05, 0) is 37.0 Å². The van der Waals surface area contributed by atoms with Crippen LogP contribution < -0.4 is 5.32 Å². The Morgan fingerprint density at radius 3 is 2.42 bits per heavy atom. The lowest BCUT2D eigenvalue weighted by Crippen LogP contribution is -2.41. The molecule has 1 heterocycles. The largest absolute Gasteiger partial charge is 0.486 e. The molecule has 1 aromatic rings. The number of carboxylic acid groups (broad SMARTS) is 1. The summed E-state index contributed by atoms with van der Waals surface area (Å²) in [6, 6.07) is 7.72. The monoisotopic (exact) mass is 331 g/mol. The fourth-order valence-electron chi connectivity index (χ4n) is 2.58. The Hall–Kier alpha value is -2.30. The molecule has 1 unspecified atom stereocenters. The van der Waals surface area contributed by atoms with Crippen molar-refractivity contribution in [3.05, 3.63) is 47.2 Å². The second-order valence-electron chi connectivity index (χ2n) is 7.10. The van der Waals surface area contributed by atoms with Gasteiger partial charge < -0.3 is 15.2 Å². The van der Waals surface area contributed by atoms with Crippen molar-refractivity contribution in [1.29, 1.82) is 0 Å². The summed E-state index contributed by atoms with van der Waals surface area (Å²) in [5, 5.41) is 11.9. The molecule has 0 saturated heterocycles. The van der Waals surface area contributed by atoms with Crippen molar-refractivity contribution in [3.8, 4) is 0 Å². The van der Waals surface area contributed by atoms with Gasteiger partial charge >= 0.3 is 5.97 Å². The molecule has 0 spiro atoms. The molecule has 0 aromatic heterocycles. The number of carbonyl (C=O) groups is 2. The van der Waals surface area contributed by atoms with E-state index in [0.717, 1.165) is 11.1 Å². The van der Waals surface area contributed by atoms with Gasteiger partial charge in [0, 0.05) is 12.5 Å². The van der Waals surface area contributed by atoms with Gasteiger partial charge in [-0.1, -0.05) is 38.1 Å². The molecule has 5 heteroatoms. The molecular formula is C19H25NO4. The predicted molar refractivity (Wildman–Crippen MR) is 91.7 cm³/mol. The second-order valence-corrected chi connectivity index (χ2v) is 7.10. The minimum Gasteiger partial charge on any atom is -0.486 e. The van der Waals surface area contributed by atoms with Crippen molar-refractivity contribution in [2.45, 2.75) is 39.0 Å². The average Bonchev–Trinajstić information content (AvgIpc) is 3.02. The van der Waals surface area contributed by atoms with E-state index in [2.05, 4.69) is 19.2 Å². The average molecular weight is 331 g/mol. The van der Waals surface area contributed by atoms with E-state index in [0.29, 0.717) is 19.1 Å². The van der Waals surface area contributed by atoms with Crippen LogP contribution in [-0.2, 0) is 19.7 Å². The molecule has 1 aliphatic heterocycles. The van der Waals surface area contributed by atoms with Crippen LogP contribution in [-0.4, -0.2) is 30.1 Å². The molecule has 130 valence electrons. The standard InChI is InChI=1S/C19H25NO4/c1-12(2)10-20-18(23)19(3,4)15-7-5-13(6-8-15)14-9-16(17(21)22)24-11-14/h5-9,12,14H,10-11H2,1-4H3,(H,20,23)(H,21,22). The smallest absolute Gasteiger partial charge is 0.370 e. The number of carbonyl (C=O) groups excluding carboxylic acids is 1. The molecule has 24 heavy (non-hydrogen) atoms. The summed E-state index contributed by atoms with van der Waals surface area (Å²) in [7, 11) is 0. The highest BCUT2D eigenvalue weighted by molar-refractivity contribution is 5.87. The minimum absolute atomic E-state index is 0.00112. The second kappa shape index (κ2) is 7.07. The van der Waals surface area contributed by atoms with E-state index in [1.165, 1.54) is 0 Å². The number of ether oxygens (including phenoxy) is 1. The zero-order valence-electron chi connectivity index (χ0n) is 14.6. The third-order valence-corrected chi connectivity index (χ3v) is 4.28. The van der Waals surface area contributed by atoms with Crippen molar-refractivity contribution in [2.24, 2.45) is 5.92 Å². The maximum atomic E-state index is 12.4. The number of hydrogen-bond donors (Lipinski definition) is 2. The van der Waals surface area contributed by atoms with Gasteiger partial charge in [-0.2, -0.15) is 0 Å². The first-order chi connectivity index (χ1) is 11.2. The van der Waals surface area contributed by atoms with Crippen molar-refractivity contribution in [2.75, 3.05) is 13.2 Å². The highest BCUT2D eigenvalue weighted by Crippen LogP contribution is 2.29. The maximum absolute atomic E-state index is 12.4. The Kier molecular flexibility index (Phi) is 5.32.